The van der Waals surface area contributed by atoms with Crippen LogP contribution >= 0.6 is 0 Å². The number of H-pyrrole nitrogens is 1. The molecule has 0 spiro atoms. The molecule has 0 aliphatic carbocycles. The molecule has 0 radical (unpaired) electrons. The molecule has 1 atom stereocenters. The summed E-state index contributed by atoms with van der Waals surface area (Å²) in [5.41, 5.74) is 7.30. The summed E-state index contributed by atoms with van der Waals surface area (Å²) in [5.74, 6) is -2.81. The van der Waals surface area contributed by atoms with E-state index in [0.717, 1.165) is 0 Å². The zero-order valence-electron chi connectivity index (χ0n) is 13.1. The number of pyridine rings is 1. The van der Waals surface area contributed by atoms with Crippen molar-refractivity contribution in [3.05, 3.63) is 30.7 Å². The fourth-order valence-corrected chi connectivity index (χ4v) is 2.90. The Bertz CT molecular complexity index is 951. The zero-order chi connectivity index (χ0) is 17.4. The molecule has 1 aliphatic heterocycles. The lowest BCUT2D eigenvalue weighted by atomic mass is 10.1. The maximum atomic E-state index is 14.5. The van der Waals surface area contributed by atoms with Crippen LogP contribution in [-0.2, 0) is 4.79 Å². The molecule has 0 saturated carbocycles. The molecule has 0 bridgehead atoms. The largest absolute Gasteiger partial charge is 0.422 e. The average molecular weight is 342 g/mol. The Morgan fingerprint density at radius 3 is 2.92 bits per heavy atom. The number of nitrogens with zero attached hydrogens (tertiary/aromatic N) is 3. The number of alkyl halides is 1. The lowest BCUT2D eigenvalue weighted by molar-refractivity contribution is -0.149. The second kappa shape index (κ2) is 5.78. The number of rotatable bonds is 3. The quantitative estimate of drug-likeness (QED) is 0.488. The lowest BCUT2D eigenvalue weighted by Crippen LogP contribution is -2.45. The maximum absolute atomic E-state index is 14.5. The van der Waals surface area contributed by atoms with Gasteiger partial charge in [-0.1, -0.05) is 0 Å². The minimum absolute atomic E-state index is 0.0858. The highest BCUT2D eigenvalue weighted by atomic mass is 19.1. The van der Waals surface area contributed by atoms with Crippen LogP contribution in [0, 0.1) is 0 Å². The van der Waals surface area contributed by atoms with Crippen molar-refractivity contribution in [2.45, 2.75) is 18.6 Å². The number of ether oxygens (including phenoxy) is 1. The van der Waals surface area contributed by atoms with Gasteiger partial charge in [-0.15, -0.1) is 0 Å². The van der Waals surface area contributed by atoms with E-state index in [2.05, 4.69) is 25.3 Å². The molecule has 1 aliphatic rings. The predicted octanol–water partition coefficient (Wildman–Crippen LogP) is 1.56. The number of halogens is 1. The summed E-state index contributed by atoms with van der Waals surface area (Å²) in [6.45, 7) is 0.437. The van der Waals surface area contributed by atoms with Crippen molar-refractivity contribution < 1.29 is 13.9 Å². The fraction of sp³-hybridized carbons (Fsp3) is 0.250. The van der Waals surface area contributed by atoms with Gasteiger partial charge in [0.2, 0.25) is 5.95 Å². The van der Waals surface area contributed by atoms with Gasteiger partial charge in [0, 0.05) is 36.6 Å². The van der Waals surface area contributed by atoms with Gasteiger partial charge in [-0.05, 0) is 19.0 Å². The van der Waals surface area contributed by atoms with E-state index in [1.165, 1.54) is 18.5 Å². The molecule has 8 nitrogen and oxygen atoms in total. The topological polar surface area (TPSA) is 119 Å². The van der Waals surface area contributed by atoms with Crippen LogP contribution < -0.4 is 15.8 Å². The highest BCUT2D eigenvalue weighted by Gasteiger charge is 2.43. The number of nitrogens with two attached hydrogens (primary N) is 1. The Kier molecular flexibility index (Phi) is 3.57. The summed E-state index contributed by atoms with van der Waals surface area (Å²) in [7, 11) is 0. The van der Waals surface area contributed by atoms with Crippen molar-refractivity contribution in [1.82, 2.24) is 25.3 Å². The molecule has 4 heterocycles. The monoisotopic (exact) mass is 342 g/mol. The van der Waals surface area contributed by atoms with Crippen molar-refractivity contribution in [1.29, 1.82) is 0 Å². The minimum atomic E-state index is -2.16. The number of esters is 1. The summed E-state index contributed by atoms with van der Waals surface area (Å²) < 4.78 is 19.9. The Morgan fingerprint density at radius 2 is 2.16 bits per heavy atom. The Labute approximate surface area is 141 Å². The normalized spacial score (nSPS) is 20.0. The lowest BCUT2D eigenvalue weighted by Gasteiger charge is -2.18. The van der Waals surface area contributed by atoms with Crippen LogP contribution in [0.25, 0.3) is 22.3 Å². The SMILES string of the molecule is Nc1nccc(-c2c[nH]c3nccc(OC(=O)[C@@]4(F)CCCN4)c23)n1. The molecule has 1 fully saturated rings. The van der Waals surface area contributed by atoms with Gasteiger partial charge in [-0.3, -0.25) is 5.32 Å². The first-order chi connectivity index (χ1) is 12.1. The number of hydrogen-bond acceptors (Lipinski definition) is 7. The van der Waals surface area contributed by atoms with E-state index in [4.69, 9.17) is 10.5 Å². The number of aromatic amines is 1. The van der Waals surface area contributed by atoms with Gasteiger partial charge in [-0.2, -0.15) is 0 Å². The molecular weight excluding hydrogens is 327 g/mol. The molecule has 9 heteroatoms. The van der Waals surface area contributed by atoms with E-state index in [-0.39, 0.29) is 18.1 Å². The molecule has 4 N–H and O–H groups in total. The fourth-order valence-electron chi connectivity index (χ4n) is 2.90. The van der Waals surface area contributed by atoms with Crippen molar-refractivity contribution in [3.63, 3.8) is 0 Å². The highest BCUT2D eigenvalue weighted by Crippen LogP contribution is 2.34. The summed E-state index contributed by atoms with van der Waals surface area (Å²) in [6, 6.07) is 3.19. The minimum Gasteiger partial charge on any atom is -0.422 e. The summed E-state index contributed by atoms with van der Waals surface area (Å²) in [5, 5.41) is 3.07. The van der Waals surface area contributed by atoms with Crippen LogP contribution in [0.3, 0.4) is 0 Å². The number of nitrogen functional groups attached to an aromatic ring is 1. The second-order valence-corrected chi connectivity index (χ2v) is 5.76. The first kappa shape index (κ1) is 15.5. The van der Waals surface area contributed by atoms with Crippen molar-refractivity contribution in [2.75, 3.05) is 12.3 Å². The van der Waals surface area contributed by atoms with Gasteiger partial charge in [-0.25, -0.2) is 24.1 Å². The van der Waals surface area contributed by atoms with Crippen molar-refractivity contribution in [2.24, 2.45) is 0 Å². The molecule has 25 heavy (non-hydrogen) atoms. The summed E-state index contributed by atoms with van der Waals surface area (Å²) in [4.78, 5) is 27.5. The van der Waals surface area contributed by atoms with E-state index < -0.39 is 11.8 Å². The molecule has 1 saturated heterocycles. The molecule has 3 aromatic heterocycles. The third-order valence-corrected chi connectivity index (χ3v) is 4.11. The van der Waals surface area contributed by atoms with E-state index in [0.29, 0.717) is 35.3 Å². The van der Waals surface area contributed by atoms with E-state index in [9.17, 15) is 9.18 Å². The first-order valence-electron chi connectivity index (χ1n) is 7.78. The molecule has 4 rings (SSSR count). The van der Waals surface area contributed by atoms with Gasteiger partial charge >= 0.3 is 5.97 Å². The molecule has 0 amide bonds. The standard InChI is InChI=1S/C16H15FN6O2/c17-16(4-1-5-22-16)14(24)25-11-3-7-19-13-12(11)9(8-21-13)10-2-6-20-15(18)23-10/h2-3,6-8,22H,1,4-5H2,(H,19,21)(H2,18,20,23)/t16-/m1/s1. The Balaban J connectivity index is 1.77. The van der Waals surface area contributed by atoms with Crippen LogP contribution in [-0.4, -0.2) is 38.2 Å². The van der Waals surface area contributed by atoms with Crippen LogP contribution in [0.5, 0.6) is 5.75 Å². The van der Waals surface area contributed by atoms with Gasteiger partial charge in [0.05, 0.1) is 11.1 Å². The number of aromatic nitrogens is 4. The van der Waals surface area contributed by atoms with Crippen LogP contribution in [0.15, 0.2) is 30.7 Å². The molecular formula is C16H15FN6O2. The van der Waals surface area contributed by atoms with Crippen molar-refractivity contribution >= 4 is 23.0 Å². The average Bonchev–Trinajstić information content (AvgIpc) is 3.23. The third kappa shape index (κ3) is 2.68. The first-order valence-corrected chi connectivity index (χ1v) is 7.78. The van der Waals surface area contributed by atoms with Gasteiger partial charge < -0.3 is 15.5 Å². The predicted molar refractivity (Wildman–Crippen MR) is 88.2 cm³/mol. The van der Waals surface area contributed by atoms with Gasteiger partial charge in [0.1, 0.15) is 11.4 Å². The van der Waals surface area contributed by atoms with E-state index >= 15 is 0 Å². The third-order valence-electron chi connectivity index (χ3n) is 4.11. The number of carbonyl (C=O) groups excluding carboxylic acids is 1. The number of carbonyl (C=O) groups is 1. The molecule has 3 aromatic rings. The van der Waals surface area contributed by atoms with Crippen molar-refractivity contribution in [3.8, 4) is 17.0 Å². The highest BCUT2D eigenvalue weighted by molar-refractivity contribution is 5.99. The number of fused-ring (bicyclic) bond motifs is 1. The molecule has 128 valence electrons. The number of hydrogen-bond donors (Lipinski definition) is 3. The van der Waals surface area contributed by atoms with E-state index in [1.807, 2.05) is 0 Å². The van der Waals surface area contributed by atoms with Crippen LogP contribution in [0.4, 0.5) is 10.3 Å². The zero-order valence-corrected chi connectivity index (χ0v) is 13.1. The molecule has 0 unspecified atom stereocenters. The van der Waals surface area contributed by atoms with E-state index in [1.54, 1.807) is 12.3 Å². The summed E-state index contributed by atoms with van der Waals surface area (Å²) in [6.07, 6.45) is 5.34. The Hall–Kier alpha value is -3.07. The molecule has 0 aromatic carbocycles. The van der Waals surface area contributed by atoms with Gasteiger partial charge in [0.15, 0.2) is 0 Å². The number of anilines is 1. The van der Waals surface area contributed by atoms with Gasteiger partial charge in [0.25, 0.3) is 5.79 Å². The maximum Gasteiger partial charge on any atom is 0.364 e. The van der Waals surface area contributed by atoms with Crippen LogP contribution in [0.2, 0.25) is 0 Å². The second-order valence-electron chi connectivity index (χ2n) is 5.76. The Morgan fingerprint density at radius 1 is 1.32 bits per heavy atom. The van der Waals surface area contributed by atoms with Crippen LogP contribution in [0.1, 0.15) is 12.8 Å². The number of nitrogens with one attached hydrogen (secondary N) is 2. The summed E-state index contributed by atoms with van der Waals surface area (Å²) >= 11 is 0. The smallest absolute Gasteiger partial charge is 0.364 e.